The number of carbonyl (C=O) groups is 1. The molecule has 2 fully saturated rings. The van der Waals surface area contributed by atoms with Crippen LogP contribution in [-0.2, 0) is 4.79 Å². The topological polar surface area (TPSA) is 41.6 Å². The highest BCUT2D eigenvalue weighted by Gasteiger charge is 2.37. The van der Waals surface area contributed by atoms with Crippen LogP contribution in [0.25, 0.3) is 0 Å². The summed E-state index contributed by atoms with van der Waals surface area (Å²) in [6.45, 7) is 1.74. The molecule has 1 N–H and O–H groups in total. The molecule has 0 aliphatic carbocycles. The second-order valence-electron chi connectivity index (χ2n) is 6.55. The van der Waals surface area contributed by atoms with Crippen LogP contribution in [0.4, 0.5) is 4.39 Å². The molecule has 3 atom stereocenters. The Labute approximate surface area is 156 Å². The van der Waals surface area contributed by atoms with E-state index in [9.17, 15) is 9.18 Å². The molecule has 0 aromatic heterocycles. The second-order valence-corrected chi connectivity index (χ2v) is 7.40. The first-order valence-corrected chi connectivity index (χ1v) is 8.87. The third kappa shape index (κ3) is 4.21. The quantitative estimate of drug-likeness (QED) is 0.809. The van der Waals surface area contributed by atoms with Crippen molar-refractivity contribution < 1.29 is 13.9 Å². The van der Waals surface area contributed by atoms with Gasteiger partial charge in [-0.3, -0.25) is 4.79 Å². The van der Waals surface area contributed by atoms with E-state index in [4.69, 9.17) is 4.74 Å². The lowest BCUT2D eigenvalue weighted by Gasteiger charge is -2.36. The Hall–Kier alpha value is -0.850. The summed E-state index contributed by atoms with van der Waals surface area (Å²) in [6, 6.07) is 5.54. The lowest BCUT2D eigenvalue weighted by molar-refractivity contribution is -0.139. The van der Waals surface area contributed by atoms with Gasteiger partial charge in [-0.1, -0.05) is 0 Å². The van der Waals surface area contributed by atoms with E-state index in [1.54, 1.807) is 6.92 Å². The predicted octanol–water partition coefficient (Wildman–Crippen LogP) is 3.52. The number of likely N-dealkylation sites (N-methyl/N-ethyl adjacent to an activating group) is 1. The first kappa shape index (κ1) is 19.5. The second kappa shape index (κ2) is 8.02. The fourth-order valence-electron chi connectivity index (χ4n) is 3.62. The van der Waals surface area contributed by atoms with Gasteiger partial charge in [-0.25, -0.2) is 4.39 Å². The zero-order valence-electron chi connectivity index (χ0n) is 13.8. The molecule has 3 rings (SSSR count). The van der Waals surface area contributed by atoms with Gasteiger partial charge in [-0.2, -0.15) is 0 Å². The molecule has 3 unspecified atom stereocenters. The lowest BCUT2D eigenvalue weighted by Crippen LogP contribution is -2.51. The van der Waals surface area contributed by atoms with E-state index in [0.717, 1.165) is 12.8 Å². The first-order chi connectivity index (χ1) is 10.9. The number of piperidine rings is 1. The van der Waals surface area contributed by atoms with Crippen LogP contribution in [0.3, 0.4) is 0 Å². The molecule has 0 saturated carbocycles. The smallest absolute Gasteiger partial charge is 0.263 e. The van der Waals surface area contributed by atoms with Crippen LogP contribution in [-0.4, -0.2) is 42.1 Å². The molecule has 2 aliphatic heterocycles. The Morgan fingerprint density at radius 3 is 2.58 bits per heavy atom. The van der Waals surface area contributed by atoms with E-state index in [1.165, 1.54) is 31.0 Å². The average Bonchev–Trinajstić information content (AvgIpc) is 2.86. The number of hydrogen-bond acceptors (Lipinski definition) is 3. The maximum absolute atomic E-state index is 13.1. The average molecular weight is 422 g/mol. The van der Waals surface area contributed by atoms with Crippen LogP contribution < -0.4 is 10.1 Å². The highest BCUT2D eigenvalue weighted by atomic mass is 79.9. The number of ether oxygens (including phenoxy) is 1. The maximum Gasteiger partial charge on any atom is 0.263 e. The van der Waals surface area contributed by atoms with E-state index in [2.05, 4.69) is 21.2 Å². The Morgan fingerprint density at radius 1 is 1.38 bits per heavy atom. The molecule has 1 aromatic carbocycles. The summed E-state index contributed by atoms with van der Waals surface area (Å²) in [4.78, 5) is 14.5. The summed E-state index contributed by atoms with van der Waals surface area (Å²) in [6.07, 6.45) is 3.82. The van der Waals surface area contributed by atoms with Crippen molar-refractivity contribution in [3.05, 3.63) is 28.5 Å². The van der Waals surface area contributed by atoms with E-state index in [1.807, 2.05) is 11.9 Å². The van der Waals surface area contributed by atoms with Gasteiger partial charge in [0.15, 0.2) is 6.10 Å². The van der Waals surface area contributed by atoms with Crippen LogP contribution in [0.1, 0.15) is 32.6 Å². The van der Waals surface area contributed by atoms with Crippen molar-refractivity contribution in [3.63, 3.8) is 0 Å². The Balaban J connectivity index is 0.00000208. The molecule has 1 aromatic rings. The fraction of sp³-hybridized carbons (Fsp3) is 0.588. The maximum atomic E-state index is 13.1. The number of nitrogens with zero attached hydrogens (tertiary/aromatic N) is 1. The molecular weight excluding hydrogens is 399 g/mol. The molecule has 2 saturated heterocycles. The SMILES string of the molecule is CC(Oc1ccc(F)cc1Br)C(=O)N(C)C1CC2CCC(C1)N2.Cl. The van der Waals surface area contributed by atoms with Gasteiger partial charge in [0, 0.05) is 25.2 Å². The molecule has 1 amide bonds. The minimum absolute atomic E-state index is 0. The minimum atomic E-state index is -0.603. The third-order valence-corrected chi connectivity index (χ3v) is 5.51. The molecule has 2 heterocycles. The van der Waals surface area contributed by atoms with Crippen LogP contribution in [0.15, 0.2) is 22.7 Å². The van der Waals surface area contributed by atoms with Crippen molar-refractivity contribution in [2.24, 2.45) is 0 Å². The molecule has 0 radical (unpaired) electrons. The molecule has 2 aliphatic rings. The van der Waals surface area contributed by atoms with Gasteiger partial charge in [0.05, 0.1) is 4.47 Å². The minimum Gasteiger partial charge on any atom is -0.480 e. The Kier molecular flexibility index (Phi) is 6.51. The van der Waals surface area contributed by atoms with Crippen LogP contribution in [0.2, 0.25) is 0 Å². The molecule has 4 nitrogen and oxygen atoms in total. The molecular formula is C17H23BrClFN2O2. The molecule has 2 bridgehead atoms. The number of fused-ring (bicyclic) bond motifs is 2. The van der Waals surface area contributed by atoms with Crippen molar-refractivity contribution in [1.29, 1.82) is 0 Å². The van der Waals surface area contributed by atoms with E-state index in [0.29, 0.717) is 22.3 Å². The van der Waals surface area contributed by atoms with Crippen molar-refractivity contribution >= 4 is 34.2 Å². The Bertz CT molecular complexity index is 592. The number of nitrogens with one attached hydrogen (secondary N) is 1. The van der Waals surface area contributed by atoms with Crippen molar-refractivity contribution in [2.75, 3.05) is 7.05 Å². The van der Waals surface area contributed by atoms with Gasteiger partial charge in [0.1, 0.15) is 11.6 Å². The van der Waals surface area contributed by atoms with Crippen LogP contribution >= 0.6 is 28.3 Å². The number of carbonyl (C=O) groups excluding carboxylic acids is 1. The number of hydrogen-bond donors (Lipinski definition) is 1. The number of rotatable bonds is 4. The van der Waals surface area contributed by atoms with Gasteiger partial charge in [-0.15, -0.1) is 12.4 Å². The summed E-state index contributed by atoms with van der Waals surface area (Å²) < 4.78 is 19.4. The van der Waals surface area contributed by atoms with Gasteiger partial charge in [0.25, 0.3) is 5.91 Å². The van der Waals surface area contributed by atoms with Crippen molar-refractivity contribution in [1.82, 2.24) is 10.2 Å². The predicted molar refractivity (Wildman–Crippen MR) is 97.2 cm³/mol. The van der Waals surface area contributed by atoms with Crippen LogP contribution in [0, 0.1) is 5.82 Å². The summed E-state index contributed by atoms with van der Waals surface area (Å²) in [5.41, 5.74) is 0. The number of halogens is 3. The van der Waals surface area contributed by atoms with Crippen molar-refractivity contribution in [2.45, 2.75) is 56.8 Å². The molecule has 0 spiro atoms. The van der Waals surface area contributed by atoms with Crippen LogP contribution in [0.5, 0.6) is 5.75 Å². The van der Waals surface area contributed by atoms with Gasteiger partial charge in [-0.05, 0) is 66.7 Å². The van der Waals surface area contributed by atoms with E-state index >= 15 is 0 Å². The standard InChI is InChI=1S/C17H22BrFN2O2.ClH/c1-10(23-16-6-3-11(19)7-15(16)18)17(22)21(2)14-8-12-4-5-13(9-14)20-12;/h3,6-7,10,12-14,20H,4-5,8-9H2,1-2H3;1H. The monoisotopic (exact) mass is 420 g/mol. The number of benzene rings is 1. The van der Waals surface area contributed by atoms with Gasteiger partial charge < -0.3 is 15.0 Å². The number of amides is 1. The highest BCUT2D eigenvalue weighted by molar-refractivity contribution is 9.10. The highest BCUT2D eigenvalue weighted by Crippen LogP contribution is 2.30. The lowest BCUT2D eigenvalue weighted by atomic mass is 9.98. The van der Waals surface area contributed by atoms with Crippen molar-refractivity contribution in [3.8, 4) is 5.75 Å². The van der Waals surface area contributed by atoms with E-state index < -0.39 is 6.10 Å². The first-order valence-electron chi connectivity index (χ1n) is 8.08. The zero-order valence-corrected chi connectivity index (χ0v) is 16.2. The summed E-state index contributed by atoms with van der Waals surface area (Å²) in [5.74, 6) is 0.101. The third-order valence-electron chi connectivity index (χ3n) is 4.89. The largest absolute Gasteiger partial charge is 0.480 e. The van der Waals surface area contributed by atoms with Gasteiger partial charge in [0.2, 0.25) is 0 Å². The molecule has 134 valence electrons. The van der Waals surface area contributed by atoms with Gasteiger partial charge >= 0.3 is 0 Å². The fourth-order valence-corrected chi connectivity index (χ4v) is 4.07. The summed E-state index contributed by atoms with van der Waals surface area (Å²) in [5, 5.41) is 3.58. The Morgan fingerprint density at radius 2 is 2.00 bits per heavy atom. The summed E-state index contributed by atoms with van der Waals surface area (Å²) >= 11 is 3.26. The normalized spacial score (nSPS) is 26.4. The van der Waals surface area contributed by atoms with E-state index in [-0.39, 0.29) is 30.2 Å². The zero-order chi connectivity index (χ0) is 16.6. The molecule has 24 heavy (non-hydrogen) atoms. The summed E-state index contributed by atoms with van der Waals surface area (Å²) in [7, 11) is 1.86. The molecule has 7 heteroatoms.